The standard InChI is InChI=1S/C14H21NO/c1-13(2,15)14(7-8-14)12-6-4-5-11(9-12)10-16-3/h4-6,9H,7-8,10,15H2,1-3H3. The van der Waals surface area contributed by atoms with Gasteiger partial charge in [0.15, 0.2) is 0 Å². The first-order valence-electron chi connectivity index (χ1n) is 5.87. The van der Waals surface area contributed by atoms with Crippen LogP contribution >= 0.6 is 0 Å². The lowest BCUT2D eigenvalue weighted by molar-refractivity contribution is 0.184. The first kappa shape index (κ1) is 11.6. The summed E-state index contributed by atoms with van der Waals surface area (Å²) >= 11 is 0. The first-order valence-corrected chi connectivity index (χ1v) is 5.87. The summed E-state index contributed by atoms with van der Waals surface area (Å²) in [7, 11) is 1.73. The number of ether oxygens (including phenoxy) is 1. The summed E-state index contributed by atoms with van der Waals surface area (Å²) in [5.74, 6) is 0. The van der Waals surface area contributed by atoms with E-state index in [-0.39, 0.29) is 11.0 Å². The Labute approximate surface area is 97.8 Å². The molecule has 0 amide bonds. The summed E-state index contributed by atoms with van der Waals surface area (Å²) in [6, 6.07) is 8.65. The largest absolute Gasteiger partial charge is 0.380 e. The SMILES string of the molecule is COCc1cccc(C2(C(C)(C)N)CC2)c1. The molecule has 1 aromatic carbocycles. The van der Waals surface area contributed by atoms with E-state index in [1.807, 2.05) is 0 Å². The Morgan fingerprint density at radius 1 is 1.38 bits per heavy atom. The molecule has 1 fully saturated rings. The smallest absolute Gasteiger partial charge is 0.0713 e. The molecule has 2 nitrogen and oxygen atoms in total. The zero-order valence-electron chi connectivity index (χ0n) is 10.4. The molecule has 1 aliphatic rings. The normalized spacial score (nSPS) is 18.5. The number of rotatable bonds is 4. The van der Waals surface area contributed by atoms with Crippen LogP contribution < -0.4 is 5.73 Å². The van der Waals surface area contributed by atoms with Crippen LogP contribution in [0, 0.1) is 0 Å². The van der Waals surface area contributed by atoms with Crippen molar-refractivity contribution >= 4 is 0 Å². The molecular formula is C14H21NO. The molecule has 1 aromatic rings. The molecule has 16 heavy (non-hydrogen) atoms. The quantitative estimate of drug-likeness (QED) is 0.844. The van der Waals surface area contributed by atoms with Crippen molar-refractivity contribution in [3.63, 3.8) is 0 Å². The second-order valence-corrected chi connectivity index (χ2v) is 5.44. The summed E-state index contributed by atoms with van der Waals surface area (Å²) in [5, 5.41) is 0. The van der Waals surface area contributed by atoms with Crippen LogP contribution in [0.15, 0.2) is 24.3 Å². The number of hydrogen-bond donors (Lipinski definition) is 1. The summed E-state index contributed by atoms with van der Waals surface area (Å²) < 4.78 is 5.17. The van der Waals surface area contributed by atoms with Crippen LogP contribution in [0.3, 0.4) is 0 Å². The van der Waals surface area contributed by atoms with E-state index in [1.54, 1.807) is 7.11 Å². The fourth-order valence-electron chi connectivity index (χ4n) is 2.56. The van der Waals surface area contributed by atoms with Crippen LogP contribution in [0.1, 0.15) is 37.8 Å². The summed E-state index contributed by atoms with van der Waals surface area (Å²) in [5.41, 5.74) is 8.95. The summed E-state index contributed by atoms with van der Waals surface area (Å²) in [6.45, 7) is 4.93. The number of benzene rings is 1. The third-order valence-electron chi connectivity index (χ3n) is 3.77. The highest BCUT2D eigenvalue weighted by molar-refractivity contribution is 5.38. The van der Waals surface area contributed by atoms with E-state index in [1.165, 1.54) is 24.0 Å². The highest BCUT2D eigenvalue weighted by atomic mass is 16.5. The second kappa shape index (κ2) is 3.86. The highest BCUT2D eigenvalue weighted by Gasteiger charge is 2.53. The zero-order valence-corrected chi connectivity index (χ0v) is 10.4. The Morgan fingerprint density at radius 2 is 2.06 bits per heavy atom. The minimum Gasteiger partial charge on any atom is -0.380 e. The topological polar surface area (TPSA) is 35.2 Å². The lowest BCUT2D eigenvalue weighted by Crippen LogP contribution is -2.45. The Hall–Kier alpha value is -0.860. The molecule has 0 bridgehead atoms. The Balaban J connectivity index is 2.31. The number of hydrogen-bond acceptors (Lipinski definition) is 2. The Bertz CT molecular complexity index is 375. The van der Waals surface area contributed by atoms with Crippen molar-refractivity contribution in [2.24, 2.45) is 5.73 Å². The lowest BCUT2D eigenvalue weighted by atomic mass is 9.79. The molecule has 1 saturated carbocycles. The maximum Gasteiger partial charge on any atom is 0.0713 e. The van der Waals surface area contributed by atoms with Gasteiger partial charge in [-0.15, -0.1) is 0 Å². The van der Waals surface area contributed by atoms with Crippen molar-refractivity contribution in [3.05, 3.63) is 35.4 Å². The predicted molar refractivity (Wildman–Crippen MR) is 66.3 cm³/mol. The molecule has 2 heteroatoms. The van der Waals surface area contributed by atoms with E-state index in [0.29, 0.717) is 6.61 Å². The number of nitrogens with two attached hydrogens (primary N) is 1. The third kappa shape index (κ3) is 1.87. The fourth-order valence-corrected chi connectivity index (χ4v) is 2.56. The molecule has 88 valence electrons. The second-order valence-electron chi connectivity index (χ2n) is 5.44. The average molecular weight is 219 g/mol. The van der Waals surface area contributed by atoms with E-state index in [2.05, 4.69) is 38.1 Å². The van der Waals surface area contributed by atoms with E-state index < -0.39 is 0 Å². The van der Waals surface area contributed by atoms with Gasteiger partial charge in [0, 0.05) is 18.1 Å². The third-order valence-corrected chi connectivity index (χ3v) is 3.77. The van der Waals surface area contributed by atoms with Crippen LogP contribution in [0.5, 0.6) is 0 Å². The molecule has 0 unspecified atom stereocenters. The van der Waals surface area contributed by atoms with Gasteiger partial charge in [-0.05, 0) is 37.8 Å². The fraction of sp³-hybridized carbons (Fsp3) is 0.571. The molecule has 0 radical (unpaired) electrons. The van der Waals surface area contributed by atoms with Gasteiger partial charge in [-0.25, -0.2) is 0 Å². The van der Waals surface area contributed by atoms with Gasteiger partial charge in [-0.1, -0.05) is 24.3 Å². The molecule has 2 rings (SSSR count). The molecule has 0 atom stereocenters. The Morgan fingerprint density at radius 3 is 2.56 bits per heavy atom. The highest BCUT2D eigenvalue weighted by Crippen LogP contribution is 2.54. The minimum atomic E-state index is -0.140. The van der Waals surface area contributed by atoms with Gasteiger partial charge in [-0.3, -0.25) is 0 Å². The average Bonchev–Trinajstić information content (AvgIpc) is 2.98. The van der Waals surface area contributed by atoms with Gasteiger partial charge in [0.1, 0.15) is 0 Å². The zero-order chi connectivity index (χ0) is 11.8. The molecular weight excluding hydrogens is 198 g/mol. The van der Waals surface area contributed by atoms with Crippen LogP contribution in [0.25, 0.3) is 0 Å². The van der Waals surface area contributed by atoms with Crippen LogP contribution in [-0.4, -0.2) is 12.6 Å². The maximum atomic E-state index is 6.30. The first-order chi connectivity index (χ1) is 7.49. The van der Waals surface area contributed by atoms with Crippen LogP contribution in [0.2, 0.25) is 0 Å². The van der Waals surface area contributed by atoms with E-state index in [0.717, 1.165) is 0 Å². The van der Waals surface area contributed by atoms with E-state index in [4.69, 9.17) is 10.5 Å². The van der Waals surface area contributed by atoms with Gasteiger partial charge < -0.3 is 10.5 Å². The van der Waals surface area contributed by atoms with Gasteiger partial charge in [-0.2, -0.15) is 0 Å². The van der Waals surface area contributed by atoms with Crippen LogP contribution in [0.4, 0.5) is 0 Å². The van der Waals surface area contributed by atoms with Crippen molar-refractivity contribution in [1.82, 2.24) is 0 Å². The maximum absolute atomic E-state index is 6.30. The van der Waals surface area contributed by atoms with Crippen molar-refractivity contribution in [2.75, 3.05) is 7.11 Å². The summed E-state index contributed by atoms with van der Waals surface area (Å²) in [4.78, 5) is 0. The van der Waals surface area contributed by atoms with Crippen LogP contribution in [-0.2, 0) is 16.8 Å². The molecule has 0 spiro atoms. The van der Waals surface area contributed by atoms with E-state index in [9.17, 15) is 0 Å². The monoisotopic (exact) mass is 219 g/mol. The molecule has 0 saturated heterocycles. The van der Waals surface area contributed by atoms with Crippen molar-refractivity contribution in [2.45, 2.75) is 44.2 Å². The van der Waals surface area contributed by atoms with Gasteiger partial charge in [0.25, 0.3) is 0 Å². The molecule has 2 N–H and O–H groups in total. The molecule has 1 aliphatic carbocycles. The van der Waals surface area contributed by atoms with Crippen molar-refractivity contribution in [3.8, 4) is 0 Å². The molecule has 0 aliphatic heterocycles. The minimum absolute atomic E-state index is 0.140. The Kier molecular flexibility index (Phi) is 2.81. The van der Waals surface area contributed by atoms with Gasteiger partial charge in [0.05, 0.1) is 6.61 Å². The molecule has 0 heterocycles. The van der Waals surface area contributed by atoms with Crippen molar-refractivity contribution < 1.29 is 4.74 Å². The van der Waals surface area contributed by atoms with Gasteiger partial charge >= 0.3 is 0 Å². The van der Waals surface area contributed by atoms with Crippen molar-refractivity contribution in [1.29, 1.82) is 0 Å². The lowest BCUT2D eigenvalue weighted by Gasteiger charge is -2.31. The van der Waals surface area contributed by atoms with E-state index >= 15 is 0 Å². The molecule has 0 aromatic heterocycles. The summed E-state index contributed by atoms with van der Waals surface area (Å²) in [6.07, 6.45) is 2.40. The predicted octanol–water partition coefficient (Wildman–Crippen LogP) is 2.60. The number of methoxy groups -OCH3 is 1. The van der Waals surface area contributed by atoms with Gasteiger partial charge in [0.2, 0.25) is 0 Å².